The third kappa shape index (κ3) is 3480. The second-order valence-corrected chi connectivity index (χ2v) is 3.67. The van der Waals surface area contributed by atoms with Crippen LogP contribution in [-0.4, -0.2) is 52.6 Å². The van der Waals surface area contributed by atoms with Crippen molar-refractivity contribution in [2.24, 2.45) is 0 Å². The molecule has 0 fully saturated rings. The van der Waals surface area contributed by atoms with Crippen LogP contribution in [0.4, 0.5) is 0 Å². The van der Waals surface area contributed by atoms with E-state index in [1.54, 1.807) is 0 Å². The van der Waals surface area contributed by atoms with Gasteiger partial charge >= 0.3 is 19.8 Å². The van der Waals surface area contributed by atoms with Crippen LogP contribution in [0.2, 0.25) is 0 Å². The molecule has 0 aliphatic heterocycles. The Morgan fingerprint density at radius 2 is 0.444 bits per heavy atom. The molecular formula is O12P2PdS3. The van der Waals surface area contributed by atoms with Gasteiger partial charge in [0.05, 0.1) is 0 Å². The van der Waals surface area contributed by atoms with Gasteiger partial charge in [0.15, 0.2) is 0 Å². The predicted molar refractivity (Wildman–Crippen MR) is 45.3 cm³/mol. The van der Waals surface area contributed by atoms with Crippen LogP contribution in [0.15, 0.2) is 0 Å². The Balaban J connectivity index is -0.0000000277. The summed E-state index contributed by atoms with van der Waals surface area (Å²) in [6, 6.07) is 0. The molecule has 18 heavy (non-hydrogen) atoms. The van der Waals surface area contributed by atoms with E-state index in [0.29, 0.717) is 0 Å². The van der Waals surface area contributed by atoms with Crippen molar-refractivity contribution in [3.05, 3.63) is 0 Å². The second-order valence-electron chi connectivity index (χ2n) is 1.22. The first-order valence-corrected chi connectivity index (χ1v) is 6.00. The molecule has 0 aromatic carbocycles. The Labute approximate surface area is 124 Å². The molecule has 12 nitrogen and oxygen atoms in total. The van der Waals surface area contributed by atoms with Gasteiger partial charge in [0.25, 0.3) is 0 Å². The average Bonchev–Trinajstić information content (AvgIpc) is 1.41. The first-order valence-electron chi connectivity index (χ1n) is 2.00. The van der Waals surface area contributed by atoms with E-state index in [0.717, 1.165) is 0 Å². The minimum absolute atomic E-state index is 0. The summed E-state index contributed by atoms with van der Waals surface area (Å²) >= 11 is 0. The second kappa shape index (κ2) is 14.5. The quantitative estimate of drug-likeness (QED) is 0.162. The van der Waals surface area contributed by atoms with Gasteiger partial charge in [-0.25, -0.2) is 0 Å². The van der Waals surface area contributed by atoms with E-state index in [4.69, 9.17) is 52.6 Å². The normalized spacial score (nSPS) is 9.67. The molecule has 0 spiro atoms. The minimum Gasteiger partial charge on any atom is -0.759 e. The Kier molecular flexibility index (Phi) is 29.5. The molecule has 0 rings (SSSR count). The molecule has 110 valence electrons. The first-order chi connectivity index (χ1) is 6.00. The molecule has 0 aliphatic rings. The summed E-state index contributed by atoms with van der Waals surface area (Å²) in [4.78, 5) is 0. The van der Waals surface area contributed by atoms with E-state index in [-0.39, 0.29) is 40.2 Å². The van der Waals surface area contributed by atoms with Crippen molar-refractivity contribution in [1.82, 2.24) is 0 Å². The molecule has 0 aliphatic carbocycles. The summed E-state index contributed by atoms with van der Waals surface area (Å²) in [6.45, 7) is 0. The van der Waals surface area contributed by atoms with Crippen molar-refractivity contribution >= 4 is 51.0 Å². The fourth-order valence-electron chi connectivity index (χ4n) is 0. The maximum Gasteiger partial charge on any atom is 3.00 e. The van der Waals surface area contributed by atoms with Gasteiger partial charge in [-0.15, -0.1) is 0 Å². The Bertz CT molecular complexity index is 346. The van der Waals surface area contributed by atoms with Crippen molar-refractivity contribution in [1.29, 1.82) is 0 Å². The van der Waals surface area contributed by atoms with E-state index in [1.165, 1.54) is 0 Å². The van der Waals surface area contributed by atoms with Crippen molar-refractivity contribution in [3.8, 4) is 0 Å². The Morgan fingerprint density at radius 1 is 0.444 bits per heavy atom. The smallest absolute Gasteiger partial charge is 0.759 e. The zero-order valence-electron chi connectivity index (χ0n) is 7.33. The Hall–Kier alpha value is 1.13. The van der Waals surface area contributed by atoms with Crippen LogP contribution in [0.5, 0.6) is 0 Å². The van der Waals surface area contributed by atoms with Crippen molar-refractivity contribution in [3.63, 3.8) is 0 Å². The zero-order chi connectivity index (χ0) is 13.5. The fraction of sp³-hybridized carbons (Fsp3) is 0. The van der Waals surface area contributed by atoms with Crippen molar-refractivity contribution in [2.45, 2.75) is 0 Å². The van der Waals surface area contributed by atoms with Gasteiger partial charge < -0.3 is 27.3 Å². The van der Waals surface area contributed by atoms with Crippen LogP contribution >= 0.6 is 19.8 Å². The molecule has 4 radical (unpaired) electrons. The Morgan fingerprint density at radius 3 is 0.444 bits per heavy atom. The standard InChI is InChI=1S/3H2O4S.2P.Pd/c3*1-5(2,3)4;;;/h3*(H2,1,2,3,4);;;/q;;;2*+3;/p-6. The maximum atomic E-state index is 8.52. The van der Waals surface area contributed by atoms with E-state index in [1.807, 2.05) is 0 Å². The average molecular weight is 457 g/mol. The summed E-state index contributed by atoms with van der Waals surface area (Å²) in [6.07, 6.45) is 0. The molecule has 0 atom stereocenters. The molecule has 0 bridgehead atoms. The SMILES string of the molecule is O=S(=O)([O-])[O-].O=S(=O)([O-])[O-].O=S(=O)([O-])[O-].[P+3].[P+3].[Pd]. The van der Waals surface area contributed by atoms with Gasteiger partial charge in [0, 0.05) is 51.6 Å². The van der Waals surface area contributed by atoms with Crippen LogP contribution in [0, 0.1) is 0 Å². The van der Waals surface area contributed by atoms with Gasteiger partial charge in [-0.2, -0.15) is 0 Å². The molecule has 0 unspecified atom stereocenters. The maximum absolute atomic E-state index is 8.52. The molecule has 0 aromatic heterocycles. The van der Waals surface area contributed by atoms with E-state index in [2.05, 4.69) is 0 Å². The summed E-state index contributed by atoms with van der Waals surface area (Å²) in [5, 5.41) is 0. The van der Waals surface area contributed by atoms with Crippen molar-refractivity contribution in [2.75, 3.05) is 0 Å². The number of hydrogen-bond acceptors (Lipinski definition) is 12. The van der Waals surface area contributed by atoms with Gasteiger partial charge in [-0.3, -0.25) is 25.3 Å². The molecular weight excluding hydrogens is 457 g/mol. The van der Waals surface area contributed by atoms with Gasteiger partial charge in [0.2, 0.25) is 0 Å². The third-order valence-electron chi connectivity index (χ3n) is 0. The van der Waals surface area contributed by atoms with Crippen LogP contribution in [0.1, 0.15) is 0 Å². The molecule has 18 heteroatoms. The largest absolute Gasteiger partial charge is 3.00 e. The van der Waals surface area contributed by atoms with Gasteiger partial charge in [-0.1, -0.05) is 0 Å². The molecule has 0 saturated heterocycles. The van der Waals surface area contributed by atoms with Crippen LogP contribution in [0.25, 0.3) is 0 Å². The van der Waals surface area contributed by atoms with Crippen LogP contribution in [0.3, 0.4) is 0 Å². The van der Waals surface area contributed by atoms with Crippen LogP contribution < -0.4 is 0 Å². The van der Waals surface area contributed by atoms with Gasteiger partial charge in [-0.05, 0) is 0 Å². The zero-order valence-corrected chi connectivity index (χ0v) is 13.1. The number of rotatable bonds is 0. The first kappa shape index (κ1) is 36.5. The monoisotopic (exact) mass is 456 g/mol. The van der Waals surface area contributed by atoms with E-state index < -0.39 is 31.2 Å². The topological polar surface area (TPSA) is 241 Å². The fourth-order valence-corrected chi connectivity index (χ4v) is 0. The van der Waals surface area contributed by atoms with Crippen LogP contribution in [-0.2, 0) is 51.6 Å². The number of hydrogen-bond donors (Lipinski definition) is 0. The molecule has 0 aromatic rings. The molecule has 0 saturated carbocycles. The van der Waals surface area contributed by atoms with E-state index in [9.17, 15) is 0 Å². The van der Waals surface area contributed by atoms with Gasteiger partial charge in [0.1, 0.15) is 0 Å². The van der Waals surface area contributed by atoms with Crippen molar-refractivity contribution < 1.29 is 73.0 Å². The minimum atomic E-state index is -5.17. The summed E-state index contributed by atoms with van der Waals surface area (Å²) < 4.78 is 102. The molecule has 0 heterocycles. The summed E-state index contributed by atoms with van der Waals surface area (Å²) in [5.41, 5.74) is 0. The van der Waals surface area contributed by atoms with E-state index >= 15 is 0 Å². The molecule has 0 N–H and O–H groups in total. The summed E-state index contributed by atoms with van der Waals surface area (Å²) in [5.74, 6) is 0. The predicted octanol–water partition coefficient (Wildman–Crippen LogP) is -2.29. The summed E-state index contributed by atoms with van der Waals surface area (Å²) in [7, 11) is -15.5. The third-order valence-corrected chi connectivity index (χ3v) is 0. The molecule has 0 amide bonds.